The number of hydrogen-bond donors (Lipinski definition) is 1. The van der Waals surface area contributed by atoms with Gasteiger partial charge in [0.2, 0.25) is 5.91 Å². The summed E-state index contributed by atoms with van der Waals surface area (Å²) in [6.45, 7) is 7.10. The Labute approximate surface area is 195 Å². The number of nitrogens with one attached hydrogen (secondary N) is 1. The van der Waals surface area contributed by atoms with Crippen molar-refractivity contribution in [1.82, 2.24) is 24.8 Å². The first-order chi connectivity index (χ1) is 16.2. The predicted molar refractivity (Wildman–Crippen MR) is 130 cm³/mol. The van der Waals surface area contributed by atoms with Crippen molar-refractivity contribution in [2.75, 3.05) is 44.2 Å². The van der Waals surface area contributed by atoms with Crippen LogP contribution in [-0.4, -0.2) is 69.9 Å². The van der Waals surface area contributed by atoms with Gasteiger partial charge in [0.25, 0.3) is 0 Å². The van der Waals surface area contributed by atoms with E-state index in [-0.39, 0.29) is 11.9 Å². The van der Waals surface area contributed by atoms with Gasteiger partial charge in [-0.2, -0.15) is 0 Å². The zero-order chi connectivity index (χ0) is 22.6. The molecule has 172 valence electrons. The molecule has 1 N–H and O–H groups in total. The molecular formula is C26H32N6O. The minimum atomic E-state index is 0.251. The minimum absolute atomic E-state index is 0.251. The van der Waals surface area contributed by atoms with Crippen molar-refractivity contribution >= 4 is 11.7 Å². The molecule has 0 aliphatic carbocycles. The van der Waals surface area contributed by atoms with Crippen LogP contribution < -0.4 is 4.90 Å². The fourth-order valence-electron chi connectivity index (χ4n) is 4.99. The van der Waals surface area contributed by atoms with E-state index in [1.54, 1.807) is 0 Å². The summed E-state index contributed by atoms with van der Waals surface area (Å²) in [5.74, 6) is 2.26. The quantitative estimate of drug-likeness (QED) is 0.629. The third kappa shape index (κ3) is 4.93. The first-order valence-corrected chi connectivity index (χ1v) is 12.0. The van der Waals surface area contributed by atoms with Gasteiger partial charge in [-0.05, 0) is 50.1 Å². The highest BCUT2D eigenvalue weighted by Crippen LogP contribution is 2.31. The number of amides is 1. The first-order valence-electron chi connectivity index (χ1n) is 12.0. The average molecular weight is 445 g/mol. The number of H-pyrrole nitrogens is 1. The lowest BCUT2D eigenvalue weighted by atomic mass is 10.1. The zero-order valence-electron chi connectivity index (χ0n) is 19.3. The van der Waals surface area contributed by atoms with Crippen LogP contribution in [0.5, 0.6) is 0 Å². The molecule has 0 bridgehead atoms. The molecule has 2 fully saturated rings. The summed E-state index contributed by atoms with van der Waals surface area (Å²) in [4.78, 5) is 32.3. The van der Waals surface area contributed by atoms with Crippen LogP contribution in [0, 0.1) is 6.92 Å². The van der Waals surface area contributed by atoms with Gasteiger partial charge in [-0.1, -0.05) is 29.8 Å². The Bertz CT molecular complexity index is 1070. The Morgan fingerprint density at radius 1 is 1.06 bits per heavy atom. The van der Waals surface area contributed by atoms with Crippen LogP contribution in [0.2, 0.25) is 0 Å². The largest absolute Gasteiger partial charge is 0.353 e. The highest BCUT2D eigenvalue weighted by atomic mass is 16.2. The lowest BCUT2D eigenvalue weighted by Crippen LogP contribution is -2.49. The van der Waals surface area contributed by atoms with Crippen LogP contribution in [0.15, 0.2) is 54.9 Å². The number of likely N-dealkylation sites (tertiary alicyclic amines) is 1. The standard InChI is InChI=1S/C26H32N6O/c1-20-6-4-7-21(18-20)22-19-28-26(29-22)23-8-5-12-30(23)13-10-25(33)32-16-14-31(15-17-32)24-9-2-3-11-27-24/h2-4,6-7,9,11,18-19,23H,5,8,10,12-17H2,1H3,(H,28,29)/t23-/m0/s1. The summed E-state index contributed by atoms with van der Waals surface area (Å²) in [6, 6.07) is 14.7. The number of aromatic nitrogens is 3. The van der Waals surface area contributed by atoms with Gasteiger partial charge in [-0.3, -0.25) is 9.69 Å². The number of aryl methyl sites for hydroxylation is 1. The normalized spacial score (nSPS) is 19.2. The minimum Gasteiger partial charge on any atom is -0.353 e. The average Bonchev–Trinajstić information content (AvgIpc) is 3.53. The molecule has 7 nitrogen and oxygen atoms in total. The van der Waals surface area contributed by atoms with Crippen LogP contribution in [0.1, 0.15) is 36.7 Å². The van der Waals surface area contributed by atoms with Gasteiger partial charge in [0.15, 0.2) is 0 Å². The molecule has 3 aromatic rings. The van der Waals surface area contributed by atoms with Gasteiger partial charge in [-0.15, -0.1) is 0 Å². The Morgan fingerprint density at radius 2 is 1.94 bits per heavy atom. The van der Waals surface area contributed by atoms with Crippen molar-refractivity contribution in [3.05, 3.63) is 66.2 Å². The molecule has 0 saturated carbocycles. The molecule has 4 heterocycles. The number of rotatable bonds is 6. The molecule has 7 heteroatoms. The van der Waals surface area contributed by atoms with E-state index in [1.807, 2.05) is 35.5 Å². The van der Waals surface area contributed by atoms with Gasteiger partial charge in [0.1, 0.15) is 11.6 Å². The molecule has 2 aliphatic heterocycles. The van der Waals surface area contributed by atoms with Crippen LogP contribution in [0.25, 0.3) is 11.3 Å². The number of carbonyl (C=O) groups is 1. The number of nitrogens with zero attached hydrogens (tertiary/aromatic N) is 5. The molecule has 1 amide bonds. The highest BCUT2D eigenvalue weighted by Gasteiger charge is 2.29. The number of pyridine rings is 1. The van der Waals surface area contributed by atoms with Crippen molar-refractivity contribution in [3.63, 3.8) is 0 Å². The van der Waals surface area contributed by atoms with E-state index in [2.05, 4.69) is 51.0 Å². The second-order valence-electron chi connectivity index (χ2n) is 9.05. The van der Waals surface area contributed by atoms with Crippen molar-refractivity contribution in [3.8, 4) is 11.3 Å². The van der Waals surface area contributed by atoms with E-state index in [0.717, 1.165) is 69.4 Å². The maximum Gasteiger partial charge on any atom is 0.223 e. The summed E-state index contributed by atoms with van der Waals surface area (Å²) >= 11 is 0. The Balaban J connectivity index is 1.15. The first kappa shape index (κ1) is 21.6. The number of anilines is 1. The van der Waals surface area contributed by atoms with E-state index in [4.69, 9.17) is 4.98 Å². The predicted octanol–water partition coefficient (Wildman–Crippen LogP) is 3.66. The third-order valence-corrected chi connectivity index (χ3v) is 6.82. The van der Waals surface area contributed by atoms with E-state index in [9.17, 15) is 4.79 Å². The van der Waals surface area contributed by atoms with Crippen molar-refractivity contribution in [1.29, 1.82) is 0 Å². The molecule has 2 aromatic heterocycles. The SMILES string of the molecule is Cc1cccc(-c2cnc([C@@H]3CCCN3CCC(=O)N3CCN(c4ccccn4)CC3)[nH]2)c1. The van der Waals surface area contributed by atoms with Crippen LogP contribution >= 0.6 is 0 Å². The number of piperazine rings is 1. The van der Waals surface area contributed by atoms with E-state index in [1.165, 1.54) is 11.1 Å². The topological polar surface area (TPSA) is 68.4 Å². The van der Waals surface area contributed by atoms with Crippen LogP contribution in [-0.2, 0) is 4.79 Å². The molecule has 2 aliphatic rings. The Hall–Kier alpha value is -3.19. The molecule has 0 spiro atoms. The summed E-state index contributed by atoms with van der Waals surface area (Å²) in [6.07, 6.45) is 6.54. The third-order valence-electron chi connectivity index (χ3n) is 6.82. The fraction of sp³-hybridized carbons (Fsp3) is 0.423. The molecular weight excluding hydrogens is 412 g/mol. The Morgan fingerprint density at radius 3 is 2.73 bits per heavy atom. The molecule has 5 rings (SSSR count). The smallest absolute Gasteiger partial charge is 0.223 e. The van der Waals surface area contributed by atoms with Gasteiger partial charge in [0, 0.05) is 45.3 Å². The van der Waals surface area contributed by atoms with Crippen LogP contribution in [0.4, 0.5) is 5.82 Å². The van der Waals surface area contributed by atoms with Gasteiger partial charge < -0.3 is 14.8 Å². The van der Waals surface area contributed by atoms with Gasteiger partial charge in [-0.25, -0.2) is 9.97 Å². The molecule has 1 atom stereocenters. The zero-order valence-corrected chi connectivity index (χ0v) is 19.3. The van der Waals surface area contributed by atoms with Crippen LogP contribution in [0.3, 0.4) is 0 Å². The number of imidazole rings is 1. The summed E-state index contributed by atoms with van der Waals surface area (Å²) < 4.78 is 0. The maximum absolute atomic E-state index is 12.9. The monoisotopic (exact) mass is 444 g/mol. The second kappa shape index (κ2) is 9.75. The van der Waals surface area contributed by atoms with Gasteiger partial charge >= 0.3 is 0 Å². The molecule has 0 radical (unpaired) electrons. The molecule has 0 unspecified atom stereocenters. The second-order valence-corrected chi connectivity index (χ2v) is 9.05. The maximum atomic E-state index is 12.9. The molecule has 33 heavy (non-hydrogen) atoms. The fourth-order valence-corrected chi connectivity index (χ4v) is 4.99. The number of benzene rings is 1. The van der Waals surface area contributed by atoms with E-state index < -0.39 is 0 Å². The van der Waals surface area contributed by atoms with E-state index >= 15 is 0 Å². The van der Waals surface area contributed by atoms with Gasteiger partial charge in [0.05, 0.1) is 17.9 Å². The summed E-state index contributed by atoms with van der Waals surface area (Å²) in [7, 11) is 0. The molecule has 2 saturated heterocycles. The van der Waals surface area contributed by atoms with Crippen molar-refractivity contribution in [2.45, 2.75) is 32.2 Å². The lowest BCUT2D eigenvalue weighted by molar-refractivity contribution is -0.131. The lowest BCUT2D eigenvalue weighted by Gasteiger charge is -2.35. The van der Waals surface area contributed by atoms with E-state index in [0.29, 0.717) is 6.42 Å². The van der Waals surface area contributed by atoms with Crippen molar-refractivity contribution < 1.29 is 4.79 Å². The summed E-state index contributed by atoms with van der Waals surface area (Å²) in [5, 5.41) is 0. The molecule has 1 aromatic carbocycles. The number of carbonyl (C=O) groups excluding carboxylic acids is 1. The summed E-state index contributed by atoms with van der Waals surface area (Å²) in [5.41, 5.74) is 3.46. The Kier molecular flexibility index (Phi) is 6.39. The number of aromatic amines is 1. The van der Waals surface area contributed by atoms with Crippen molar-refractivity contribution in [2.24, 2.45) is 0 Å². The highest BCUT2D eigenvalue weighted by molar-refractivity contribution is 5.76. The number of hydrogen-bond acceptors (Lipinski definition) is 5.